The summed E-state index contributed by atoms with van der Waals surface area (Å²) in [6.07, 6.45) is 0.354. The average molecular weight is 482 g/mol. The predicted molar refractivity (Wildman–Crippen MR) is 129 cm³/mol. The van der Waals surface area contributed by atoms with Gasteiger partial charge in [-0.1, -0.05) is 36.4 Å². The molecule has 0 bridgehead atoms. The Kier molecular flexibility index (Phi) is 5.74. The van der Waals surface area contributed by atoms with Crippen LogP contribution in [0.2, 0.25) is 0 Å². The third-order valence-electron chi connectivity index (χ3n) is 5.78. The number of primary sulfonamides is 1. The molecule has 1 aromatic heterocycles. The zero-order chi connectivity index (χ0) is 23.0. The van der Waals surface area contributed by atoms with E-state index in [1.54, 1.807) is 24.5 Å². The van der Waals surface area contributed by atoms with Crippen LogP contribution >= 0.6 is 11.3 Å². The number of thiophene rings is 1. The molecule has 0 saturated heterocycles. The van der Waals surface area contributed by atoms with Gasteiger partial charge < -0.3 is 14.2 Å². The first-order valence-corrected chi connectivity index (χ1v) is 12.9. The van der Waals surface area contributed by atoms with Crippen LogP contribution in [0.3, 0.4) is 0 Å². The van der Waals surface area contributed by atoms with E-state index in [0.717, 1.165) is 16.2 Å². The van der Waals surface area contributed by atoms with Crippen LogP contribution in [0.1, 0.15) is 22.8 Å². The minimum absolute atomic E-state index is 0.00548. The second-order valence-corrected chi connectivity index (χ2v) is 10.5. The molecular weight excluding hydrogens is 458 g/mol. The van der Waals surface area contributed by atoms with Gasteiger partial charge in [-0.05, 0) is 35.7 Å². The highest BCUT2D eigenvalue weighted by molar-refractivity contribution is 7.89. The number of ether oxygens (including phenoxy) is 3. The maximum atomic E-state index is 11.8. The molecule has 0 radical (unpaired) electrons. The zero-order valence-corrected chi connectivity index (χ0v) is 19.6. The van der Waals surface area contributed by atoms with Crippen LogP contribution in [0.25, 0.3) is 10.1 Å². The third kappa shape index (κ3) is 4.29. The molecule has 6 nitrogen and oxygen atoms in total. The molecule has 33 heavy (non-hydrogen) atoms. The van der Waals surface area contributed by atoms with Gasteiger partial charge >= 0.3 is 0 Å². The van der Waals surface area contributed by atoms with Crippen molar-refractivity contribution in [2.75, 3.05) is 13.7 Å². The van der Waals surface area contributed by atoms with E-state index in [1.807, 2.05) is 30.3 Å². The van der Waals surface area contributed by atoms with E-state index in [2.05, 4.69) is 24.3 Å². The van der Waals surface area contributed by atoms with Crippen molar-refractivity contribution in [2.45, 2.75) is 23.3 Å². The summed E-state index contributed by atoms with van der Waals surface area (Å²) in [4.78, 5) is 1.16. The van der Waals surface area contributed by atoms with Crippen molar-refractivity contribution in [1.82, 2.24) is 0 Å². The molecule has 5 rings (SSSR count). The van der Waals surface area contributed by atoms with Gasteiger partial charge in [-0.15, -0.1) is 11.3 Å². The molecule has 2 heterocycles. The van der Waals surface area contributed by atoms with Crippen LogP contribution in [-0.2, 0) is 10.0 Å². The number of para-hydroxylation sites is 1. The zero-order valence-electron chi connectivity index (χ0n) is 17.9. The number of fused-ring (bicyclic) bond motifs is 2. The van der Waals surface area contributed by atoms with Crippen LogP contribution in [0.4, 0.5) is 0 Å². The molecule has 4 aromatic rings. The molecular formula is C25H23NO5S2. The van der Waals surface area contributed by atoms with Crippen molar-refractivity contribution in [3.8, 4) is 17.2 Å². The molecule has 1 unspecified atom stereocenters. The molecule has 0 fully saturated rings. The van der Waals surface area contributed by atoms with E-state index in [-0.39, 0.29) is 16.9 Å². The maximum Gasteiger partial charge on any atom is 0.238 e. The smallest absolute Gasteiger partial charge is 0.238 e. The Hall–Kier alpha value is -3.07. The summed E-state index contributed by atoms with van der Waals surface area (Å²) in [6.45, 7) is 0.377. The highest BCUT2D eigenvalue weighted by atomic mass is 32.2. The fraction of sp³-hybridized carbons (Fsp3) is 0.200. The monoisotopic (exact) mass is 481 g/mol. The number of methoxy groups -OCH3 is 1. The maximum absolute atomic E-state index is 11.8. The molecule has 0 spiro atoms. The fourth-order valence-corrected chi connectivity index (χ4v) is 6.00. The van der Waals surface area contributed by atoms with Crippen molar-refractivity contribution in [3.63, 3.8) is 0 Å². The SMILES string of the molecule is COc1ccccc1[C@H](c1cc2ccccc2s1)C1CCOc2cc(S(N)(=O)=O)ccc2O1. The average Bonchev–Trinajstić information content (AvgIpc) is 3.11. The van der Waals surface area contributed by atoms with Gasteiger partial charge in [0.1, 0.15) is 11.9 Å². The Labute approximate surface area is 196 Å². The van der Waals surface area contributed by atoms with Crippen molar-refractivity contribution in [2.24, 2.45) is 5.14 Å². The van der Waals surface area contributed by atoms with E-state index in [1.165, 1.54) is 22.2 Å². The topological polar surface area (TPSA) is 87.9 Å². The Morgan fingerprint density at radius 3 is 2.61 bits per heavy atom. The molecule has 2 N–H and O–H groups in total. The van der Waals surface area contributed by atoms with Gasteiger partial charge in [-0.3, -0.25) is 0 Å². The molecule has 0 aliphatic carbocycles. The normalized spacial score (nSPS) is 16.8. The van der Waals surface area contributed by atoms with Gasteiger partial charge in [0, 0.05) is 27.6 Å². The lowest BCUT2D eigenvalue weighted by molar-refractivity contribution is 0.173. The molecule has 1 aliphatic heterocycles. The largest absolute Gasteiger partial charge is 0.496 e. The van der Waals surface area contributed by atoms with Gasteiger partial charge in [0.05, 0.1) is 24.5 Å². The van der Waals surface area contributed by atoms with Gasteiger partial charge in [0.25, 0.3) is 0 Å². The predicted octanol–water partition coefficient (Wildman–Crippen LogP) is 4.92. The van der Waals surface area contributed by atoms with Gasteiger partial charge in [0.15, 0.2) is 11.5 Å². The lowest BCUT2D eigenvalue weighted by Gasteiger charge is -2.27. The number of sulfonamides is 1. The first-order valence-electron chi connectivity index (χ1n) is 10.5. The minimum Gasteiger partial charge on any atom is -0.496 e. The lowest BCUT2D eigenvalue weighted by Crippen LogP contribution is -2.26. The van der Waals surface area contributed by atoms with Crippen LogP contribution in [0.5, 0.6) is 17.2 Å². The molecule has 0 amide bonds. The summed E-state index contributed by atoms with van der Waals surface area (Å²) in [7, 11) is -2.17. The van der Waals surface area contributed by atoms with Crippen molar-refractivity contribution in [1.29, 1.82) is 0 Å². The minimum atomic E-state index is -3.84. The quantitative estimate of drug-likeness (QED) is 0.437. The fourth-order valence-electron chi connectivity index (χ4n) is 4.23. The molecule has 170 valence electrons. The number of hydrogen-bond acceptors (Lipinski definition) is 6. The summed E-state index contributed by atoms with van der Waals surface area (Å²) < 4.78 is 42.8. The summed E-state index contributed by atoms with van der Waals surface area (Å²) in [6, 6.07) is 22.9. The van der Waals surface area contributed by atoms with Crippen molar-refractivity contribution >= 4 is 31.4 Å². The van der Waals surface area contributed by atoms with Crippen LogP contribution in [0, 0.1) is 0 Å². The molecule has 1 aliphatic rings. The molecule has 0 saturated carbocycles. The van der Waals surface area contributed by atoms with Gasteiger partial charge in [-0.2, -0.15) is 0 Å². The van der Waals surface area contributed by atoms with E-state index in [9.17, 15) is 8.42 Å². The van der Waals surface area contributed by atoms with Crippen molar-refractivity contribution < 1.29 is 22.6 Å². The molecule has 2 atom stereocenters. The van der Waals surface area contributed by atoms with Crippen LogP contribution in [-0.4, -0.2) is 28.2 Å². The van der Waals surface area contributed by atoms with E-state index in [0.29, 0.717) is 24.5 Å². The first-order chi connectivity index (χ1) is 15.9. The molecule has 8 heteroatoms. The Bertz CT molecular complexity index is 1380. The third-order valence-corrected chi connectivity index (χ3v) is 7.89. The standard InChI is InChI=1S/C25H23NO5S2/c1-29-19-8-4-3-7-18(19)25(24-14-16-6-2-5-9-23(16)32-24)21-12-13-30-22-15-17(33(26,27)28)10-11-20(22)31-21/h2-11,14-15,21,25H,12-13H2,1H3,(H2,26,27,28)/t21?,25-/m0/s1. The lowest BCUT2D eigenvalue weighted by atomic mass is 9.89. The first kappa shape index (κ1) is 21.8. The second kappa shape index (κ2) is 8.70. The summed E-state index contributed by atoms with van der Waals surface area (Å²) in [5.74, 6) is 1.55. The number of nitrogens with two attached hydrogens (primary N) is 1. The van der Waals surface area contributed by atoms with E-state index >= 15 is 0 Å². The Balaban J connectivity index is 1.61. The summed E-state index contributed by atoms with van der Waals surface area (Å²) >= 11 is 1.73. The summed E-state index contributed by atoms with van der Waals surface area (Å²) in [5.41, 5.74) is 1.03. The highest BCUT2D eigenvalue weighted by Crippen LogP contribution is 2.44. The summed E-state index contributed by atoms with van der Waals surface area (Å²) in [5, 5.41) is 6.47. The van der Waals surface area contributed by atoms with Crippen molar-refractivity contribution in [3.05, 3.63) is 83.2 Å². The highest BCUT2D eigenvalue weighted by Gasteiger charge is 2.33. The number of benzene rings is 3. The number of rotatable bonds is 5. The Morgan fingerprint density at radius 2 is 1.82 bits per heavy atom. The van der Waals surface area contributed by atoms with Gasteiger partial charge in [0.2, 0.25) is 10.0 Å². The van der Waals surface area contributed by atoms with E-state index in [4.69, 9.17) is 19.3 Å². The van der Waals surface area contributed by atoms with Crippen LogP contribution in [0.15, 0.2) is 77.7 Å². The van der Waals surface area contributed by atoms with Gasteiger partial charge in [-0.25, -0.2) is 13.6 Å². The number of hydrogen-bond donors (Lipinski definition) is 1. The molecule has 3 aromatic carbocycles. The van der Waals surface area contributed by atoms with E-state index < -0.39 is 10.0 Å². The Morgan fingerprint density at radius 1 is 1.03 bits per heavy atom. The second-order valence-electron chi connectivity index (χ2n) is 7.85. The van der Waals surface area contributed by atoms with Crippen LogP contribution < -0.4 is 19.3 Å².